The lowest BCUT2D eigenvalue weighted by atomic mass is 9.82. The third-order valence-electron chi connectivity index (χ3n) is 5.39. The van der Waals surface area contributed by atoms with Crippen molar-refractivity contribution in [1.29, 1.82) is 0 Å². The highest BCUT2D eigenvalue weighted by atomic mass is 16.5. The number of hydrogen-bond donors (Lipinski definition) is 1. The molecule has 2 aromatic heterocycles. The number of fused-ring (bicyclic) bond motifs is 5. The van der Waals surface area contributed by atoms with Crippen molar-refractivity contribution in [3.8, 4) is 0 Å². The molecule has 0 radical (unpaired) electrons. The average Bonchev–Trinajstić information content (AvgIpc) is 2.97. The molecular weight excluding hydrogens is 325 g/mol. The Morgan fingerprint density at radius 3 is 2.54 bits per heavy atom. The highest BCUT2D eigenvalue weighted by Crippen LogP contribution is 2.33. The lowest BCUT2D eigenvalue weighted by molar-refractivity contribution is -0.0893. The zero-order valence-electron chi connectivity index (χ0n) is 15.5. The first-order chi connectivity index (χ1) is 12.3. The maximum absolute atomic E-state index is 10.3. The number of benzene rings is 2. The summed E-state index contributed by atoms with van der Waals surface area (Å²) >= 11 is 0. The van der Waals surface area contributed by atoms with Crippen LogP contribution in [-0.4, -0.2) is 28.8 Å². The Morgan fingerprint density at radius 2 is 1.77 bits per heavy atom. The fourth-order valence-electron chi connectivity index (χ4n) is 3.01. The van der Waals surface area contributed by atoms with Crippen molar-refractivity contribution in [3.63, 3.8) is 0 Å². The zero-order chi connectivity index (χ0) is 18.5. The van der Waals surface area contributed by atoms with Crippen molar-refractivity contribution in [3.05, 3.63) is 48.8 Å². The van der Waals surface area contributed by atoms with E-state index in [1.165, 1.54) is 0 Å². The van der Waals surface area contributed by atoms with Crippen LogP contribution in [-0.2, 0) is 4.65 Å². The van der Waals surface area contributed by atoms with E-state index in [-0.39, 0.29) is 0 Å². The first-order valence-corrected chi connectivity index (χ1v) is 8.80. The molecule has 0 aliphatic rings. The van der Waals surface area contributed by atoms with Gasteiger partial charge in [-0.3, -0.25) is 4.98 Å². The first kappa shape index (κ1) is 17.1. The second-order valence-corrected chi connectivity index (χ2v) is 7.83. The summed E-state index contributed by atoms with van der Waals surface area (Å²) in [5.41, 5.74) is 1.16. The van der Waals surface area contributed by atoms with E-state index >= 15 is 0 Å². The van der Waals surface area contributed by atoms with Gasteiger partial charge in [0.2, 0.25) is 0 Å². The molecule has 2 heterocycles. The summed E-state index contributed by atoms with van der Waals surface area (Å²) in [5.74, 6) is 0. The molecule has 0 spiro atoms. The maximum Gasteiger partial charge on any atom is 0.309 e. The number of pyridine rings is 1. The monoisotopic (exact) mass is 347 g/mol. The van der Waals surface area contributed by atoms with Gasteiger partial charge in [-0.1, -0.05) is 23.7 Å². The number of hydrogen-bond acceptors (Lipinski definition) is 4. The van der Waals surface area contributed by atoms with Crippen molar-refractivity contribution in [2.24, 2.45) is 0 Å². The molecule has 0 aliphatic heterocycles. The van der Waals surface area contributed by atoms with E-state index in [1.807, 2.05) is 44.3 Å². The van der Waals surface area contributed by atoms with Crippen LogP contribution in [0.3, 0.4) is 0 Å². The van der Waals surface area contributed by atoms with Crippen molar-refractivity contribution in [1.82, 2.24) is 4.98 Å². The van der Waals surface area contributed by atoms with Gasteiger partial charge in [0, 0.05) is 28.6 Å². The van der Waals surface area contributed by atoms with Gasteiger partial charge < -0.3 is 14.2 Å². The number of furan rings is 1. The van der Waals surface area contributed by atoms with E-state index < -0.39 is 11.2 Å². The fourth-order valence-corrected chi connectivity index (χ4v) is 3.01. The molecule has 2 aromatic carbocycles. The van der Waals surface area contributed by atoms with E-state index in [0.717, 1.165) is 38.2 Å². The molecule has 132 valence electrons. The summed E-state index contributed by atoms with van der Waals surface area (Å²) in [7, 11) is 0.419. The van der Waals surface area contributed by atoms with Gasteiger partial charge in [-0.15, -0.1) is 0 Å². The van der Waals surface area contributed by atoms with Crippen LogP contribution in [0.1, 0.15) is 27.7 Å². The minimum absolute atomic E-state index is 0.419. The lowest BCUT2D eigenvalue weighted by Gasteiger charge is -2.37. The SMILES string of the molecule is CC(C)(O)C(C)(C)OBc1ccc2oc3ccc4ccncc4c3c2c1. The Hall–Kier alpha value is -2.37. The first-order valence-electron chi connectivity index (χ1n) is 8.80. The molecule has 4 rings (SSSR count). The van der Waals surface area contributed by atoms with Crippen LogP contribution < -0.4 is 5.46 Å². The molecule has 0 fully saturated rings. The van der Waals surface area contributed by atoms with Gasteiger partial charge in [-0.25, -0.2) is 0 Å². The zero-order valence-corrected chi connectivity index (χ0v) is 15.5. The van der Waals surface area contributed by atoms with Gasteiger partial charge >= 0.3 is 7.48 Å². The van der Waals surface area contributed by atoms with E-state index in [4.69, 9.17) is 9.07 Å². The third kappa shape index (κ3) is 2.77. The number of rotatable bonds is 4. The van der Waals surface area contributed by atoms with E-state index in [2.05, 4.69) is 17.1 Å². The second-order valence-electron chi connectivity index (χ2n) is 7.83. The average molecular weight is 347 g/mol. The fraction of sp³-hybridized carbons (Fsp3) is 0.286. The molecule has 0 saturated carbocycles. The number of nitrogens with zero attached hydrogens (tertiary/aromatic N) is 1. The van der Waals surface area contributed by atoms with E-state index in [0.29, 0.717) is 7.48 Å². The predicted molar refractivity (Wildman–Crippen MR) is 107 cm³/mol. The topological polar surface area (TPSA) is 55.5 Å². The Morgan fingerprint density at radius 1 is 1.00 bits per heavy atom. The lowest BCUT2D eigenvalue weighted by Crippen LogP contribution is -2.49. The van der Waals surface area contributed by atoms with Gasteiger partial charge in [-0.05, 0) is 51.3 Å². The predicted octanol–water partition coefficient (Wildman–Crippen LogP) is 3.68. The molecule has 0 unspecified atom stereocenters. The van der Waals surface area contributed by atoms with Gasteiger partial charge in [0.05, 0.1) is 11.2 Å². The van der Waals surface area contributed by atoms with E-state index in [9.17, 15) is 5.11 Å². The summed E-state index contributed by atoms with van der Waals surface area (Å²) in [4.78, 5) is 4.27. The van der Waals surface area contributed by atoms with Gasteiger partial charge in [-0.2, -0.15) is 0 Å². The Bertz CT molecular complexity index is 1110. The van der Waals surface area contributed by atoms with Crippen molar-refractivity contribution in [2.75, 3.05) is 0 Å². The molecule has 0 aliphatic carbocycles. The molecule has 0 amide bonds. The molecule has 0 saturated heterocycles. The second kappa shape index (κ2) is 5.83. The van der Waals surface area contributed by atoms with Gasteiger partial charge in [0.1, 0.15) is 11.2 Å². The standard InChI is InChI=1S/C21H22BNO3/c1-20(2,24)21(3,4)26-22-14-6-8-17-15(11-14)19-16-12-23-10-9-13(16)5-7-18(19)25-17/h5-12,22,24H,1-4H3. The van der Waals surface area contributed by atoms with Crippen molar-refractivity contribution < 1.29 is 14.2 Å². The normalized spacial score (nSPS) is 13.0. The summed E-state index contributed by atoms with van der Waals surface area (Å²) in [6.45, 7) is 7.33. The summed E-state index contributed by atoms with van der Waals surface area (Å²) in [6, 6.07) is 12.2. The Labute approximate surface area is 153 Å². The molecule has 1 N–H and O–H groups in total. The minimum atomic E-state index is -0.929. The van der Waals surface area contributed by atoms with Gasteiger partial charge in [0.15, 0.2) is 0 Å². The molecule has 26 heavy (non-hydrogen) atoms. The Kier molecular flexibility index (Phi) is 3.83. The third-order valence-corrected chi connectivity index (χ3v) is 5.39. The highest BCUT2D eigenvalue weighted by molar-refractivity contribution is 6.47. The van der Waals surface area contributed by atoms with Crippen LogP contribution in [0, 0.1) is 0 Å². The van der Waals surface area contributed by atoms with Crippen LogP contribution in [0.5, 0.6) is 0 Å². The molecule has 4 nitrogen and oxygen atoms in total. The van der Waals surface area contributed by atoms with Crippen LogP contribution in [0.15, 0.2) is 53.2 Å². The highest BCUT2D eigenvalue weighted by Gasteiger charge is 2.35. The van der Waals surface area contributed by atoms with Gasteiger partial charge in [0.25, 0.3) is 0 Å². The van der Waals surface area contributed by atoms with Crippen LogP contribution in [0.4, 0.5) is 0 Å². The maximum atomic E-state index is 10.3. The largest absolute Gasteiger partial charge is 0.456 e. The minimum Gasteiger partial charge on any atom is -0.456 e. The molecule has 4 aromatic rings. The smallest absolute Gasteiger partial charge is 0.309 e. The molecular formula is C21H22BNO3. The van der Waals surface area contributed by atoms with E-state index in [1.54, 1.807) is 20.0 Å². The molecule has 5 heteroatoms. The van der Waals surface area contributed by atoms with Crippen LogP contribution in [0.25, 0.3) is 32.7 Å². The number of aromatic nitrogens is 1. The Balaban J connectivity index is 1.79. The summed E-state index contributed by atoms with van der Waals surface area (Å²) in [5, 5.41) is 14.6. The molecule has 0 atom stereocenters. The van der Waals surface area contributed by atoms with Crippen molar-refractivity contribution >= 4 is 45.7 Å². The quantitative estimate of drug-likeness (QED) is 0.572. The van der Waals surface area contributed by atoms with Crippen molar-refractivity contribution in [2.45, 2.75) is 38.9 Å². The molecule has 0 bridgehead atoms. The van der Waals surface area contributed by atoms with Crippen LogP contribution in [0.2, 0.25) is 0 Å². The van der Waals surface area contributed by atoms with Crippen LogP contribution >= 0.6 is 0 Å². The summed E-state index contributed by atoms with van der Waals surface area (Å²) < 4.78 is 12.0. The number of aliphatic hydroxyl groups is 1. The summed E-state index contributed by atoms with van der Waals surface area (Å²) in [6.07, 6.45) is 3.68.